The number of hydrogen-bond donors (Lipinski definition) is 0. The zero-order valence-electron chi connectivity index (χ0n) is 13.7. The van der Waals surface area contributed by atoms with Crippen molar-refractivity contribution in [2.75, 3.05) is 31.1 Å². The molecule has 9 heteroatoms. The number of rotatable bonds is 5. The first-order valence-electron chi connectivity index (χ1n) is 7.93. The molecule has 1 aliphatic heterocycles. The maximum absolute atomic E-state index is 13.9. The first-order valence-corrected chi connectivity index (χ1v) is 9.37. The summed E-state index contributed by atoms with van der Waals surface area (Å²) < 4.78 is 70.1. The molecule has 1 fully saturated rings. The van der Waals surface area contributed by atoms with Crippen LogP contribution in [0.25, 0.3) is 0 Å². The Labute approximate surface area is 149 Å². The van der Waals surface area contributed by atoms with Gasteiger partial charge in [-0.1, -0.05) is 24.3 Å². The van der Waals surface area contributed by atoms with Gasteiger partial charge in [-0.05, 0) is 24.3 Å². The summed E-state index contributed by atoms with van der Waals surface area (Å²) in [5.41, 5.74) is 0.408. The molecule has 1 heterocycles. The topological polar surface area (TPSA) is 49.9 Å². The van der Waals surface area contributed by atoms with Crippen LogP contribution in [0.1, 0.15) is 0 Å². The van der Waals surface area contributed by atoms with Crippen molar-refractivity contribution < 1.29 is 26.3 Å². The monoisotopic (exact) mass is 386 g/mol. The fourth-order valence-corrected chi connectivity index (χ4v) is 4.42. The second-order valence-electron chi connectivity index (χ2n) is 5.67. The van der Waals surface area contributed by atoms with Crippen LogP contribution in [0.3, 0.4) is 0 Å². The molecule has 2 aromatic rings. The zero-order valence-corrected chi connectivity index (χ0v) is 14.5. The predicted molar refractivity (Wildman–Crippen MR) is 90.4 cm³/mol. The van der Waals surface area contributed by atoms with Gasteiger partial charge in [-0.3, -0.25) is 0 Å². The van der Waals surface area contributed by atoms with E-state index in [9.17, 15) is 21.6 Å². The van der Waals surface area contributed by atoms with Crippen molar-refractivity contribution in [3.8, 4) is 5.75 Å². The summed E-state index contributed by atoms with van der Waals surface area (Å²) in [7, 11) is -4.00. The lowest BCUT2D eigenvalue weighted by Gasteiger charge is -2.35. The van der Waals surface area contributed by atoms with E-state index in [0.717, 1.165) is 0 Å². The van der Waals surface area contributed by atoms with Gasteiger partial charge < -0.3 is 9.64 Å². The summed E-state index contributed by atoms with van der Waals surface area (Å²) in [5, 5.41) is 0. The predicted octanol–water partition coefficient (Wildman–Crippen LogP) is 2.94. The number of sulfonamides is 1. The molecular formula is C17H17F3N2O3S. The number of hydrogen-bond acceptors (Lipinski definition) is 4. The summed E-state index contributed by atoms with van der Waals surface area (Å²) in [6, 6.07) is 11.6. The van der Waals surface area contributed by atoms with Gasteiger partial charge >= 0.3 is 6.61 Å². The highest BCUT2D eigenvalue weighted by molar-refractivity contribution is 7.89. The van der Waals surface area contributed by atoms with Crippen LogP contribution in [0.15, 0.2) is 53.4 Å². The van der Waals surface area contributed by atoms with Gasteiger partial charge in [0.25, 0.3) is 0 Å². The number of para-hydroxylation sites is 2. The minimum atomic E-state index is -4.00. The fraction of sp³-hybridized carbons (Fsp3) is 0.294. The average Bonchev–Trinajstić information content (AvgIpc) is 2.62. The van der Waals surface area contributed by atoms with Crippen LogP contribution in [0.5, 0.6) is 5.75 Å². The van der Waals surface area contributed by atoms with E-state index in [1.165, 1.54) is 34.6 Å². The van der Waals surface area contributed by atoms with E-state index in [1.807, 2.05) is 0 Å². The second kappa shape index (κ2) is 7.55. The molecule has 0 unspecified atom stereocenters. The average molecular weight is 386 g/mol. The normalized spacial score (nSPS) is 16.1. The van der Waals surface area contributed by atoms with Gasteiger partial charge in [0.15, 0.2) is 0 Å². The second-order valence-corrected chi connectivity index (χ2v) is 7.57. The first-order chi connectivity index (χ1) is 12.4. The molecule has 3 rings (SSSR count). The highest BCUT2D eigenvalue weighted by Gasteiger charge is 2.31. The molecule has 26 heavy (non-hydrogen) atoms. The Bertz CT molecular complexity index is 869. The zero-order chi connectivity index (χ0) is 18.7. The van der Waals surface area contributed by atoms with Crippen molar-refractivity contribution in [1.29, 1.82) is 0 Å². The summed E-state index contributed by atoms with van der Waals surface area (Å²) >= 11 is 0. The molecule has 0 saturated carbocycles. The summed E-state index contributed by atoms with van der Waals surface area (Å²) in [6.45, 7) is -2.32. The molecule has 0 radical (unpaired) electrons. The Morgan fingerprint density at radius 3 is 2.19 bits per heavy atom. The quantitative estimate of drug-likeness (QED) is 0.793. The van der Waals surface area contributed by atoms with Gasteiger partial charge in [0.2, 0.25) is 10.0 Å². The Balaban J connectivity index is 1.78. The minimum absolute atomic E-state index is 0.111. The minimum Gasteiger partial charge on any atom is -0.433 e. The number of anilines is 1. The number of alkyl halides is 2. The summed E-state index contributed by atoms with van der Waals surface area (Å²) in [5.74, 6) is -0.765. The van der Waals surface area contributed by atoms with Crippen LogP contribution in [-0.2, 0) is 10.0 Å². The Hall–Kier alpha value is -2.26. The lowest BCUT2D eigenvalue weighted by Crippen LogP contribution is -2.49. The smallest absolute Gasteiger partial charge is 0.387 e. The fourth-order valence-electron chi connectivity index (χ4n) is 2.87. The third kappa shape index (κ3) is 3.78. The number of nitrogens with zero attached hydrogens (tertiary/aromatic N) is 2. The van der Waals surface area contributed by atoms with Gasteiger partial charge in [0.1, 0.15) is 16.5 Å². The van der Waals surface area contributed by atoms with Crippen LogP contribution in [0.4, 0.5) is 18.9 Å². The SMILES string of the molecule is O=S(=O)(c1ccccc1OC(F)F)N1CCN(c2ccccc2F)CC1. The highest BCUT2D eigenvalue weighted by Crippen LogP contribution is 2.29. The maximum atomic E-state index is 13.9. The van der Waals surface area contributed by atoms with E-state index in [0.29, 0.717) is 5.69 Å². The highest BCUT2D eigenvalue weighted by atomic mass is 32.2. The molecule has 0 aliphatic carbocycles. The van der Waals surface area contributed by atoms with Crippen LogP contribution in [-0.4, -0.2) is 45.5 Å². The molecule has 0 aromatic heterocycles. The molecular weight excluding hydrogens is 369 g/mol. The Morgan fingerprint density at radius 2 is 1.54 bits per heavy atom. The van der Waals surface area contributed by atoms with Crippen molar-refractivity contribution >= 4 is 15.7 Å². The van der Waals surface area contributed by atoms with Crippen molar-refractivity contribution in [2.24, 2.45) is 0 Å². The van der Waals surface area contributed by atoms with Gasteiger partial charge in [0, 0.05) is 26.2 Å². The van der Waals surface area contributed by atoms with E-state index < -0.39 is 16.6 Å². The maximum Gasteiger partial charge on any atom is 0.387 e. The Kier molecular flexibility index (Phi) is 5.38. The first kappa shape index (κ1) is 18.5. The molecule has 2 aromatic carbocycles. The van der Waals surface area contributed by atoms with Crippen LogP contribution in [0, 0.1) is 5.82 Å². The van der Waals surface area contributed by atoms with Crippen molar-refractivity contribution in [1.82, 2.24) is 4.31 Å². The van der Waals surface area contributed by atoms with Crippen molar-refractivity contribution in [3.63, 3.8) is 0 Å². The molecule has 0 bridgehead atoms. The molecule has 0 amide bonds. The molecule has 0 spiro atoms. The number of benzene rings is 2. The van der Waals surface area contributed by atoms with Crippen molar-refractivity contribution in [3.05, 3.63) is 54.3 Å². The van der Waals surface area contributed by atoms with E-state index >= 15 is 0 Å². The van der Waals surface area contributed by atoms with Gasteiger partial charge in [0.05, 0.1) is 5.69 Å². The molecule has 1 saturated heterocycles. The van der Waals surface area contributed by atoms with E-state index in [-0.39, 0.29) is 42.6 Å². The number of halogens is 3. The Morgan fingerprint density at radius 1 is 0.923 bits per heavy atom. The third-order valence-corrected chi connectivity index (χ3v) is 6.05. The lowest BCUT2D eigenvalue weighted by molar-refractivity contribution is -0.0517. The summed E-state index contributed by atoms with van der Waals surface area (Å²) in [4.78, 5) is 1.45. The van der Waals surface area contributed by atoms with E-state index in [4.69, 9.17) is 0 Å². The van der Waals surface area contributed by atoms with Gasteiger partial charge in [-0.25, -0.2) is 12.8 Å². The van der Waals surface area contributed by atoms with Gasteiger partial charge in [-0.2, -0.15) is 13.1 Å². The molecule has 1 aliphatic rings. The van der Waals surface area contributed by atoms with Crippen LogP contribution < -0.4 is 9.64 Å². The summed E-state index contributed by atoms with van der Waals surface area (Å²) in [6.07, 6.45) is 0. The lowest BCUT2D eigenvalue weighted by atomic mass is 10.2. The van der Waals surface area contributed by atoms with E-state index in [2.05, 4.69) is 4.74 Å². The van der Waals surface area contributed by atoms with Crippen LogP contribution >= 0.6 is 0 Å². The van der Waals surface area contributed by atoms with Crippen LogP contribution in [0.2, 0.25) is 0 Å². The molecule has 0 N–H and O–H groups in total. The standard InChI is InChI=1S/C17H17F3N2O3S/c18-13-5-1-2-6-14(13)21-9-11-22(12-10-21)26(23,24)16-8-4-3-7-15(16)25-17(19)20/h1-8,17H,9-12H2. The molecule has 0 atom stereocenters. The van der Waals surface area contributed by atoms with E-state index in [1.54, 1.807) is 23.1 Å². The molecule has 140 valence electrons. The largest absolute Gasteiger partial charge is 0.433 e. The van der Waals surface area contributed by atoms with Gasteiger partial charge in [-0.15, -0.1) is 0 Å². The number of piperazine rings is 1. The van der Waals surface area contributed by atoms with Crippen molar-refractivity contribution in [2.45, 2.75) is 11.5 Å². The third-order valence-electron chi connectivity index (χ3n) is 4.11. The molecule has 5 nitrogen and oxygen atoms in total. The number of ether oxygens (including phenoxy) is 1.